The van der Waals surface area contributed by atoms with Crippen LogP contribution >= 0.6 is 15.9 Å². The highest BCUT2D eigenvalue weighted by Gasteiger charge is 2.50. The normalized spacial score (nSPS) is 19.4. The van der Waals surface area contributed by atoms with Crippen LogP contribution in [0.2, 0.25) is 0 Å². The average Bonchev–Trinajstić information content (AvgIpc) is 2.79. The number of imide groups is 1. The Hall–Kier alpha value is -2.74. The summed E-state index contributed by atoms with van der Waals surface area (Å²) >= 11 is 3.37. The smallest absolute Gasteiger partial charge is 0.324 e. The molecule has 4 amide bonds. The molecule has 1 fully saturated rings. The summed E-state index contributed by atoms with van der Waals surface area (Å²) in [6.07, 6.45) is 0. The highest BCUT2D eigenvalue weighted by atomic mass is 79.9. The van der Waals surface area contributed by atoms with E-state index in [0.29, 0.717) is 10.0 Å². The number of amides is 4. The monoisotopic (exact) mass is 419 g/mol. The minimum Gasteiger partial charge on any atom is -0.324 e. The Morgan fingerprint density at radius 2 is 1.96 bits per heavy atom. The van der Waals surface area contributed by atoms with Crippen LogP contribution in [0, 0.1) is 5.82 Å². The molecule has 1 saturated heterocycles. The van der Waals surface area contributed by atoms with Crippen molar-refractivity contribution in [2.24, 2.45) is 0 Å². The number of hydrogen-bond donors (Lipinski definition) is 2. The first-order valence-electron chi connectivity index (χ1n) is 7.76. The number of carbonyl (C=O) groups excluding carboxylic acids is 3. The van der Waals surface area contributed by atoms with Gasteiger partial charge in [0, 0.05) is 15.7 Å². The number of halogens is 2. The fourth-order valence-corrected chi connectivity index (χ4v) is 3.48. The van der Waals surface area contributed by atoms with Gasteiger partial charge >= 0.3 is 6.03 Å². The third-order valence-corrected chi connectivity index (χ3v) is 4.79. The van der Waals surface area contributed by atoms with Gasteiger partial charge in [-0.1, -0.05) is 40.2 Å². The minimum atomic E-state index is -1.28. The zero-order valence-corrected chi connectivity index (χ0v) is 15.3. The first-order chi connectivity index (χ1) is 12.3. The molecule has 0 radical (unpaired) electrons. The maximum atomic E-state index is 13.2. The molecular formula is C18H15BrFN3O3. The molecule has 3 rings (SSSR count). The van der Waals surface area contributed by atoms with Gasteiger partial charge in [-0.3, -0.25) is 14.5 Å². The second-order valence-corrected chi connectivity index (χ2v) is 6.84. The summed E-state index contributed by atoms with van der Waals surface area (Å²) in [7, 11) is 0. The van der Waals surface area contributed by atoms with Crippen molar-refractivity contribution in [3.8, 4) is 0 Å². The predicted molar refractivity (Wildman–Crippen MR) is 96.8 cm³/mol. The fraction of sp³-hybridized carbons (Fsp3) is 0.167. The Kier molecular flexibility index (Phi) is 4.78. The molecule has 2 aromatic rings. The lowest BCUT2D eigenvalue weighted by Crippen LogP contribution is -2.42. The van der Waals surface area contributed by atoms with Crippen LogP contribution in [0.4, 0.5) is 14.9 Å². The van der Waals surface area contributed by atoms with Crippen LogP contribution in [-0.4, -0.2) is 29.3 Å². The van der Waals surface area contributed by atoms with Crippen molar-refractivity contribution in [1.82, 2.24) is 10.2 Å². The maximum Gasteiger partial charge on any atom is 0.325 e. The second kappa shape index (κ2) is 6.87. The fourth-order valence-electron chi connectivity index (χ4n) is 2.80. The van der Waals surface area contributed by atoms with E-state index in [2.05, 4.69) is 26.6 Å². The van der Waals surface area contributed by atoms with Crippen LogP contribution < -0.4 is 10.6 Å². The van der Waals surface area contributed by atoms with E-state index in [1.54, 1.807) is 31.2 Å². The number of nitrogens with zero attached hydrogens (tertiary/aromatic N) is 1. The van der Waals surface area contributed by atoms with E-state index in [4.69, 9.17) is 0 Å². The number of rotatable bonds is 4. The molecule has 1 unspecified atom stereocenters. The van der Waals surface area contributed by atoms with Crippen molar-refractivity contribution in [2.45, 2.75) is 12.5 Å². The highest BCUT2D eigenvalue weighted by Crippen LogP contribution is 2.33. The molecule has 6 nitrogen and oxygen atoms in total. The van der Waals surface area contributed by atoms with E-state index < -0.39 is 35.7 Å². The van der Waals surface area contributed by atoms with E-state index in [9.17, 15) is 18.8 Å². The lowest BCUT2D eigenvalue weighted by atomic mass is 9.92. The Labute approximate surface area is 157 Å². The summed E-state index contributed by atoms with van der Waals surface area (Å²) in [6.45, 7) is 1.11. The summed E-state index contributed by atoms with van der Waals surface area (Å²) in [4.78, 5) is 38.1. The van der Waals surface area contributed by atoms with Crippen molar-refractivity contribution in [1.29, 1.82) is 0 Å². The number of nitrogens with one attached hydrogen (secondary N) is 2. The van der Waals surface area contributed by atoms with Crippen LogP contribution in [0.15, 0.2) is 53.0 Å². The second-order valence-electron chi connectivity index (χ2n) is 5.98. The summed E-state index contributed by atoms with van der Waals surface area (Å²) in [6, 6.07) is 11.7. The largest absolute Gasteiger partial charge is 0.325 e. The van der Waals surface area contributed by atoms with Gasteiger partial charge in [-0.15, -0.1) is 0 Å². The van der Waals surface area contributed by atoms with Gasteiger partial charge in [0.05, 0.1) is 0 Å². The van der Waals surface area contributed by atoms with Crippen LogP contribution in [0.25, 0.3) is 0 Å². The molecule has 0 aliphatic carbocycles. The molecule has 2 N–H and O–H groups in total. The summed E-state index contributed by atoms with van der Waals surface area (Å²) in [5, 5.41) is 5.10. The molecule has 8 heteroatoms. The number of urea groups is 1. The van der Waals surface area contributed by atoms with Crippen LogP contribution in [-0.2, 0) is 15.1 Å². The lowest BCUT2D eigenvalue weighted by molar-refractivity contribution is -0.133. The van der Waals surface area contributed by atoms with Crippen LogP contribution in [0.5, 0.6) is 0 Å². The molecule has 1 aliphatic rings. The van der Waals surface area contributed by atoms with E-state index >= 15 is 0 Å². The standard InChI is InChI=1S/C18H15BrFN3O3/c1-18(13-7-2-3-8-14(13)19)16(25)23(17(26)22-18)10-15(24)21-12-6-4-5-11(20)9-12/h2-9H,10H2,1H3,(H,21,24)(H,22,26). The van der Waals surface area contributed by atoms with Gasteiger partial charge in [0.15, 0.2) is 0 Å². The first kappa shape index (κ1) is 18.1. The van der Waals surface area contributed by atoms with Crippen molar-refractivity contribution in [2.75, 3.05) is 11.9 Å². The average molecular weight is 420 g/mol. The SMILES string of the molecule is CC1(c2ccccc2Br)NC(=O)N(CC(=O)Nc2cccc(F)c2)C1=O. The lowest BCUT2D eigenvalue weighted by Gasteiger charge is -2.23. The van der Waals surface area contributed by atoms with Gasteiger partial charge in [-0.2, -0.15) is 0 Å². The van der Waals surface area contributed by atoms with Crippen LogP contribution in [0.3, 0.4) is 0 Å². The van der Waals surface area contributed by atoms with E-state index in [-0.39, 0.29) is 5.69 Å². The topological polar surface area (TPSA) is 78.5 Å². The number of carbonyl (C=O) groups is 3. The Morgan fingerprint density at radius 3 is 2.65 bits per heavy atom. The first-order valence-corrected chi connectivity index (χ1v) is 8.55. The number of anilines is 1. The molecule has 0 spiro atoms. The Balaban J connectivity index is 1.77. The van der Waals surface area contributed by atoms with Gasteiger partial charge in [-0.25, -0.2) is 9.18 Å². The van der Waals surface area contributed by atoms with E-state index in [0.717, 1.165) is 11.0 Å². The summed E-state index contributed by atoms with van der Waals surface area (Å²) in [5.74, 6) is -1.64. The third kappa shape index (κ3) is 3.32. The third-order valence-electron chi connectivity index (χ3n) is 4.10. The van der Waals surface area contributed by atoms with Gasteiger partial charge in [0.1, 0.15) is 17.9 Å². The molecule has 0 bridgehead atoms. The quantitative estimate of drug-likeness (QED) is 0.747. The van der Waals surface area contributed by atoms with Crippen molar-refractivity contribution in [3.05, 3.63) is 64.4 Å². The van der Waals surface area contributed by atoms with Crippen molar-refractivity contribution < 1.29 is 18.8 Å². The van der Waals surface area contributed by atoms with Crippen LogP contribution in [0.1, 0.15) is 12.5 Å². The maximum absolute atomic E-state index is 13.2. The number of benzene rings is 2. The predicted octanol–water partition coefficient (Wildman–Crippen LogP) is 2.99. The molecule has 0 saturated carbocycles. The molecule has 26 heavy (non-hydrogen) atoms. The highest BCUT2D eigenvalue weighted by molar-refractivity contribution is 9.10. The summed E-state index contributed by atoms with van der Waals surface area (Å²) in [5.41, 5.74) is -0.446. The Bertz CT molecular complexity index is 905. The van der Waals surface area contributed by atoms with E-state index in [1.165, 1.54) is 18.2 Å². The molecule has 0 aromatic heterocycles. The molecule has 1 aliphatic heterocycles. The van der Waals surface area contributed by atoms with Crippen molar-refractivity contribution in [3.63, 3.8) is 0 Å². The van der Waals surface area contributed by atoms with Crippen molar-refractivity contribution >= 4 is 39.5 Å². The zero-order valence-electron chi connectivity index (χ0n) is 13.8. The zero-order chi connectivity index (χ0) is 18.9. The molecule has 1 heterocycles. The van der Waals surface area contributed by atoms with Gasteiger partial charge in [0.25, 0.3) is 5.91 Å². The Morgan fingerprint density at radius 1 is 1.23 bits per heavy atom. The molecule has 134 valence electrons. The van der Waals surface area contributed by atoms with Gasteiger partial charge in [-0.05, 0) is 31.2 Å². The molecule has 1 atom stereocenters. The molecule has 2 aromatic carbocycles. The van der Waals surface area contributed by atoms with Gasteiger partial charge in [0.2, 0.25) is 5.91 Å². The molecular weight excluding hydrogens is 405 g/mol. The minimum absolute atomic E-state index is 0.246. The number of hydrogen-bond acceptors (Lipinski definition) is 3. The van der Waals surface area contributed by atoms with Gasteiger partial charge < -0.3 is 10.6 Å². The van der Waals surface area contributed by atoms with E-state index in [1.807, 2.05) is 0 Å². The summed E-state index contributed by atoms with van der Waals surface area (Å²) < 4.78 is 13.9.